The van der Waals surface area contributed by atoms with Crippen LogP contribution in [0, 0.1) is 11.0 Å². The Labute approximate surface area is 230 Å². The van der Waals surface area contributed by atoms with E-state index in [2.05, 4.69) is 69.0 Å². The molecule has 0 radical (unpaired) electrons. The van der Waals surface area contributed by atoms with Crippen LogP contribution in [0.5, 0.6) is 0 Å². The molecule has 1 saturated carbocycles. The molecule has 196 valence electrons. The Morgan fingerprint density at radius 2 is 1.90 bits per heavy atom. The second-order valence-electron chi connectivity index (χ2n) is 9.92. The van der Waals surface area contributed by atoms with E-state index < -0.39 is 0 Å². The maximum atomic E-state index is 13.7. The van der Waals surface area contributed by atoms with Crippen LogP contribution in [0.2, 0.25) is 0 Å². The lowest BCUT2D eigenvalue weighted by atomic mass is 10.0. The number of nitrogens with zero attached hydrogens (tertiary/aromatic N) is 2. The average Bonchev–Trinajstić information content (AvgIpc) is 3.76. The summed E-state index contributed by atoms with van der Waals surface area (Å²) < 4.78 is 13.7. The highest BCUT2D eigenvalue weighted by Crippen LogP contribution is 2.36. The molecule has 1 fully saturated rings. The van der Waals surface area contributed by atoms with Crippen LogP contribution in [-0.4, -0.2) is 20.2 Å². The highest BCUT2D eigenvalue weighted by molar-refractivity contribution is 7.13. The number of H-pyrrole nitrogens is 2. The van der Waals surface area contributed by atoms with Gasteiger partial charge in [-0.05, 0) is 85.4 Å². The quantitative estimate of drug-likeness (QED) is 0.174. The van der Waals surface area contributed by atoms with Crippen molar-refractivity contribution in [2.75, 3.05) is 0 Å². The van der Waals surface area contributed by atoms with E-state index >= 15 is 0 Å². The molecule has 39 heavy (non-hydrogen) atoms. The zero-order valence-corrected chi connectivity index (χ0v) is 22.7. The lowest BCUT2D eigenvalue weighted by Crippen LogP contribution is -2.16. The van der Waals surface area contributed by atoms with Crippen LogP contribution >= 0.6 is 11.3 Å². The minimum atomic E-state index is -0.225. The molecule has 0 bridgehead atoms. The van der Waals surface area contributed by atoms with Gasteiger partial charge in [0.2, 0.25) is 0 Å². The Bertz CT molecular complexity index is 1760. The molecule has 7 heteroatoms. The van der Waals surface area contributed by atoms with Gasteiger partial charge in [-0.2, -0.15) is 9.49 Å². The number of thiophene rings is 1. The summed E-state index contributed by atoms with van der Waals surface area (Å²) in [6, 6.07) is 13.5. The number of allylic oxidation sites excluding steroid dienone is 5. The summed E-state index contributed by atoms with van der Waals surface area (Å²) in [6.45, 7) is 10.4. The molecule has 1 aliphatic carbocycles. The number of fused-ring (bicyclic) bond motifs is 2. The van der Waals surface area contributed by atoms with E-state index in [9.17, 15) is 4.39 Å². The third-order valence-electron chi connectivity index (χ3n) is 7.50. The van der Waals surface area contributed by atoms with E-state index in [1.807, 2.05) is 25.1 Å². The Kier molecular flexibility index (Phi) is 6.75. The average molecular weight is 536 g/mol. The van der Waals surface area contributed by atoms with Crippen LogP contribution in [0.3, 0.4) is 0 Å². The van der Waals surface area contributed by atoms with Gasteiger partial charge in [0.05, 0.1) is 21.8 Å². The molecule has 5 nitrogen and oxygen atoms in total. The first-order valence-electron chi connectivity index (χ1n) is 13.2. The lowest BCUT2D eigenvalue weighted by molar-refractivity contribution is 0.607. The fraction of sp³-hybridized carbons (Fsp3) is 0.188. The van der Waals surface area contributed by atoms with Crippen molar-refractivity contribution < 1.29 is 4.39 Å². The fourth-order valence-electron chi connectivity index (χ4n) is 5.43. The number of pyridine rings is 1. The number of hydrogen-bond acceptors (Lipinski definition) is 4. The second-order valence-corrected chi connectivity index (χ2v) is 11.0. The second kappa shape index (κ2) is 10.5. The summed E-state index contributed by atoms with van der Waals surface area (Å²) in [5.41, 5.74) is 8.49. The van der Waals surface area contributed by atoms with Gasteiger partial charge in [-0.3, -0.25) is 10.1 Å². The maximum Gasteiger partial charge on any atom is 0.177 e. The summed E-state index contributed by atoms with van der Waals surface area (Å²) in [5.74, 6) is 0.526. The van der Waals surface area contributed by atoms with Gasteiger partial charge in [0.15, 0.2) is 5.13 Å². The van der Waals surface area contributed by atoms with Gasteiger partial charge in [-0.1, -0.05) is 38.1 Å². The van der Waals surface area contributed by atoms with Crippen molar-refractivity contribution in [2.24, 2.45) is 5.92 Å². The molecule has 0 saturated heterocycles. The Balaban J connectivity index is 1.35. The minimum absolute atomic E-state index is 0.225. The monoisotopic (exact) mass is 535 g/mol. The summed E-state index contributed by atoms with van der Waals surface area (Å²) in [7, 11) is 0. The van der Waals surface area contributed by atoms with Crippen molar-refractivity contribution in [1.29, 1.82) is 0 Å². The van der Waals surface area contributed by atoms with E-state index in [0.717, 1.165) is 77.6 Å². The zero-order chi connectivity index (χ0) is 26.9. The van der Waals surface area contributed by atoms with Crippen molar-refractivity contribution in [3.8, 4) is 22.0 Å². The van der Waals surface area contributed by atoms with E-state index in [4.69, 9.17) is 0 Å². The number of aromatic amines is 2. The standard InChI is InChI=1S/C32H30FN5S/c1-4-20(16-23(5-2)35-19(3)21-8-6-7-9-21)22-10-11-27-24(17-22)31(38-37-27)28-18-25-26(36-28)14-15-34-32(25)29-12-13-30(33)39-29/h4-5,10-18,21,35-36H,2-3,6-9H2,1H3,(H,37,38)/b20-4+,23-16+. The third-order valence-corrected chi connectivity index (χ3v) is 8.38. The van der Waals surface area contributed by atoms with Gasteiger partial charge >= 0.3 is 0 Å². The molecule has 5 aromatic rings. The molecule has 0 unspecified atom stereocenters. The molecule has 1 aromatic carbocycles. The van der Waals surface area contributed by atoms with E-state index in [1.54, 1.807) is 12.3 Å². The van der Waals surface area contributed by atoms with Gasteiger partial charge in [-0.15, -0.1) is 11.3 Å². The predicted molar refractivity (Wildman–Crippen MR) is 161 cm³/mol. The molecule has 0 aliphatic heterocycles. The third kappa shape index (κ3) is 4.86. The Morgan fingerprint density at radius 3 is 2.64 bits per heavy atom. The van der Waals surface area contributed by atoms with Gasteiger partial charge < -0.3 is 10.3 Å². The normalized spacial score (nSPS) is 14.9. The van der Waals surface area contributed by atoms with Crippen LogP contribution in [0.15, 0.2) is 91.4 Å². The van der Waals surface area contributed by atoms with Gasteiger partial charge in [0.25, 0.3) is 0 Å². The molecule has 3 N–H and O–H groups in total. The topological polar surface area (TPSA) is 69.4 Å². The van der Waals surface area contributed by atoms with Crippen molar-refractivity contribution in [3.63, 3.8) is 0 Å². The number of halogens is 1. The Morgan fingerprint density at radius 1 is 1.08 bits per heavy atom. The van der Waals surface area contributed by atoms with Crippen LogP contribution < -0.4 is 5.32 Å². The molecule has 0 spiro atoms. The van der Waals surface area contributed by atoms with E-state index in [0.29, 0.717) is 5.92 Å². The molecule has 1 aliphatic rings. The van der Waals surface area contributed by atoms with Gasteiger partial charge in [0.1, 0.15) is 5.69 Å². The first kappa shape index (κ1) is 25.1. The summed E-state index contributed by atoms with van der Waals surface area (Å²) >= 11 is 1.10. The summed E-state index contributed by atoms with van der Waals surface area (Å²) in [6.07, 6.45) is 12.7. The van der Waals surface area contributed by atoms with Crippen LogP contribution in [0.25, 0.3) is 49.3 Å². The Hall–Kier alpha value is -4.23. The number of nitrogens with one attached hydrogen (secondary N) is 3. The summed E-state index contributed by atoms with van der Waals surface area (Å²) in [4.78, 5) is 8.82. The molecule has 4 aromatic heterocycles. The highest BCUT2D eigenvalue weighted by Gasteiger charge is 2.19. The molecule has 4 heterocycles. The van der Waals surface area contributed by atoms with Crippen molar-refractivity contribution in [2.45, 2.75) is 32.6 Å². The van der Waals surface area contributed by atoms with Crippen molar-refractivity contribution in [3.05, 3.63) is 102 Å². The SMILES string of the molecule is C=C/C(=C\C(=C/C)c1ccc2[nH]nc(-c3cc4c(-c5ccc(F)s5)nccc4[nH]3)c2c1)NC(=C)C1CCCC1. The van der Waals surface area contributed by atoms with Crippen LogP contribution in [-0.2, 0) is 0 Å². The molecule has 0 atom stereocenters. The highest BCUT2D eigenvalue weighted by atomic mass is 32.1. The molecule has 0 amide bonds. The molecular formula is C32H30FN5S. The first-order valence-corrected chi connectivity index (χ1v) is 14.0. The van der Waals surface area contributed by atoms with Crippen molar-refractivity contribution >= 4 is 38.7 Å². The summed E-state index contributed by atoms with van der Waals surface area (Å²) in [5, 5.41) is 13.0. The van der Waals surface area contributed by atoms with Gasteiger partial charge in [0, 0.05) is 33.9 Å². The molecule has 6 rings (SSSR count). The number of hydrogen-bond donors (Lipinski definition) is 3. The van der Waals surface area contributed by atoms with E-state index in [1.165, 1.54) is 31.7 Å². The number of aromatic nitrogens is 4. The lowest BCUT2D eigenvalue weighted by Gasteiger charge is -2.17. The smallest absolute Gasteiger partial charge is 0.177 e. The van der Waals surface area contributed by atoms with Crippen LogP contribution in [0.4, 0.5) is 4.39 Å². The minimum Gasteiger partial charge on any atom is -0.359 e. The maximum absolute atomic E-state index is 13.7. The first-order chi connectivity index (χ1) is 19.0. The molecular weight excluding hydrogens is 505 g/mol. The van der Waals surface area contributed by atoms with E-state index in [-0.39, 0.29) is 5.13 Å². The number of benzene rings is 1. The zero-order valence-electron chi connectivity index (χ0n) is 21.9. The van der Waals surface area contributed by atoms with Gasteiger partial charge in [-0.25, -0.2) is 0 Å². The van der Waals surface area contributed by atoms with Crippen molar-refractivity contribution in [1.82, 2.24) is 25.5 Å². The van der Waals surface area contributed by atoms with Crippen LogP contribution in [0.1, 0.15) is 38.2 Å². The fourth-order valence-corrected chi connectivity index (χ4v) is 6.17. The largest absolute Gasteiger partial charge is 0.359 e. The predicted octanol–water partition coefficient (Wildman–Crippen LogP) is 8.74. The number of rotatable bonds is 8.